The Bertz CT molecular complexity index is 2190. The summed E-state index contributed by atoms with van der Waals surface area (Å²) < 4.78 is 16.1. The summed E-state index contributed by atoms with van der Waals surface area (Å²) in [6, 6.07) is 34.3. The molecule has 178 valence electrons. The van der Waals surface area contributed by atoms with Crippen molar-refractivity contribution in [3.8, 4) is 22.3 Å². The van der Waals surface area contributed by atoms with Crippen LogP contribution >= 0.6 is 22.7 Å². The molecular weight excluding hydrogens is 505 g/mol. The van der Waals surface area contributed by atoms with Gasteiger partial charge in [0, 0.05) is 52.8 Å². The molecule has 2 nitrogen and oxygen atoms in total. The first-order valence-corrected chi connectivity index (χ1v) is 14.3. The molecule has 0 radical (unpaired) electrons. The second-order valence-electron chi connectivity index (χ2n) is 9.63. The Kier molecular flexibility index (Phi) is 4.12. The van der Waals surface area contributed by atoms with Gasteiger partial charge in [-0.25, -0.2) is 0 Å². The molecule has 0 spiro atoms. The first-order valence-electron chi connectivity index (χ1n) is 12.6. The Morgan fingerprint density at radius 1 is 0.421 bits per heavy atom. The van der Waals surface area contributed by atoms with Gasteiger partial charge in [0.25, 0.3) is 0 Å². The molecule has 0 aliphatic heterocycles. The summed E-state index contributed by atoms with van der Waals surface area (Å²) >= 11 is 3.53. The summed E-state index contributed by atoms with van der Waals surface area (Å²) in [5, 5.41) is 11.2. The Morgan fingerprint density at radius 2 is 0.895 bits per heavy atom. The molecule has 4 heterocycles. The standard InChI is InChI=1S/C34H18O2S2/c1-3-11-25-23(7-1)31-29(21-9-5-13-27-19(21)15-17-37-27)34-32(24-8-2-4-12-26(24)36-34)30(33(31)35-25)22-10-6-14-28-20(22)16-18-38-28/h1-18H. The van der Waals surface area contributed by atoms with Crippen LogP contribution in [0.1, 0.15) is 0 Å². The van der Waals surface area contributed by atoms with Crippen molar-refractivity contribution in [3.05, 3.63) is 108 Å². The van der Waals surface area contributed by atoms with E-state index in [1.54, 1.807) is 22.7 Å². The molecule has 0 N–H and O–H groups in total. The van der Waals surface area contributed by atoms with Gasteiger partial charge >= 0.3 is 0 Å². The van der Waals surface area contributed by atoms with Crippen LogP contribution < -0.4 is 0 Å². The third kappa shape index (κ3) is 2.66. The van der Waals surface area contributed by atoms with E-state index >= 15 is 0 Å². The first kappa shape index (κ1) is 20.7. The maximum Gasteiger partial charge on any atom is 0.144 e. The van der Waals surface area contributed by atoms with Crippen LogP contribution in [0.2, 0.25) is 0 Å². The minimum atomic E-state index is 0.886. The largest absolute Gasteiger partial charge is 0.455 e. The van der Waals surface area contributed by atoms with Crippen molar-refractivity contribution in [1.82, 2.24) is 0 Å². The molecule has 0 unspecified atom stereocenters. The fraction of sp³-hybridized carbons (Fsp3) is 0. The molecule has 0 aliphatic carbocycles. The molecule has 0 bridgehead atoms. The van der Waals surface area contributed by atoms with Crippen LogP contribution in [-0.4, -0.2) is 0 Å². The highest BCUT2D eigenvalue weighted by Crippen LogP contribution is 2.52. The zero-order valence-electron chi connectivity index (χ0n) is 20.0. The molecule has 9 aromatic rings. The fourth-order valence-corrected chi connectivity index (χ4v) is 7.73. The van der Waals surface area contributed by atoms with Gasteiger partial charge in [-0.2, -0.15) is 0 Å². The van der Waals surface area contributed by atoms with E-state index in [2.05, 4.69) is 95.7 Å². The highest BCUT2D eigenvalue weighted by atomic mass is 32.1. The van der Waals surface area contributed by atoms with Gasteiger partial charge in [0.1, 0.15) is 22.3 Å². The Balaban J connectivity index is 1.62. The van der Waals surface area contributed by atoms with Crippen molar-refractivity contribution in [2.24, 2.45) is 0 Å². The van der Waals surface area contributed by atoms with Crippen LogP contribution in [0, 0.1) is 0 Å². The molecule has 5 aromatic carbocycles. The zero-order valence-corrected chi connectivity index (χ0v) is 21.7. The van der Waals surface area contributed by atoms with Crippen molar-refractivity contribution < 1.29 is 8.83 Å². The fourth-order valence-electron chi connectivity index (χ4n) is 6.10. The van der Waals surface area contributed by atoms with Crippen molar-refractivity contribution in [2.45, 2.75) is 0 Å². The average molecular weight is 523 g/mol. The van der Waals surface area contributed by atoms with E-state index in [9.17, 15) is 0 Å². The molecule has 9 rings (SSSR count). The molecule has 0 saturated carbocycles. The molecule has 0 atom stereocenters. The number of benzene rings is 5. The summed E-state index contributed by atoms with van der Waals surface area (Å²) in [5.74, 6) is 0. The Morgan fingerprint density at radius 3 is 1.39 bits per heavy atom. The summed E-state index contributed by atoms with van der Waals surface area (Å²) in [5.41, 5.74) is 8.13. The maximum absolute atomic E-state index is 6.81. The highest BCUT2D eigenvalue weighted by molar-refractivity contribution is 7.17. The van der Waals surface area contributed by atoms with Crippen molar-refractivity contribution >= 4 is 86.7 Å². The van der Waals surface area contributed by atoms with Crippen LogP contribution in [-0.2, 0) is 0 Å². The number of thiophene rings is 2. The van der Waals surface area contributed by atoms with Crippen LogP contribution in [0.3, 0.4) is 0 Å². The van der Waals surface area contributed by atoms with Crippen LogP contribution in [0.15, 0.2) is 117 Å². The van der Waals surface area contributed by atoms with Gasteiger partial charge in [0.2, 0.25) is 0 Å². The van der Waals surface area contributed by atoms with Gasteiger partial charge in [-0.1, -0.05) is 60.7 Å². The number of para-hydroxylation sites is 2. The molecule has 4 aromatic heterocycles. The minimum Gasteiger partial charge on any atom is -0.455 e. The second kappa shape index (κ2) is 7.57. The van der Waals surface area contributed by atoms with Crippen LogP contribution in [0.5, 0.6) is 0 Å². The maximum atomic E-state index is 6.81. The third-order valence-corrected chi connectivity index (χ3v) is 9.44. The smallest absolute Gasteiger partial charge is 0.144 e. The summed E-state index contributed by atoms with van der Waals surface area (Å²) in [6.45, 7) is 0. The van der Waals surface area contributed by atoms with E-state index in [-0.39, 0.29) is 0 Å². The molecule has 0 amide bonds. The van der Waals surface area contributed by atoms with Crippen molar-refractivity contribution in [3.63, 3.8) is 0 Å². The summed E-state index contributed by atoms with van der Waals surface area (Å²) in [4.78, 5) is 0. The first-order chi connectivity index (χ1) is 18.9. The third-order valence-electron chi connectivity index (χ3n) is 7.68. The number of fused-ring (bicyclic) bond motifs is 8. The lowest BCUT2D eigenvalue weighted by molar-refractivity contribution is 0.665. The molecule has 4 heteroatoms. The summed E-state index contributed by atoms with van der Waals surface area (Å²) in [6.07, 6.45) is 0. The van der Waals surface area contributed by atoms with Gasteiger partial charge in [0.05, 0.1) is 0 Å². The predicted molar refractivity (Wildman–Crippen MR) is 163 cm³/mol. The monoisotopic (exact) mass is 522 g/mol. The van der Waals surface area contributed by atoms with Gasteiger partial charge < -0.3 is 8.83 Å². The summed E-state index contributed by atoms with van der Waals surface area (Å²) in [7, 11) is 0. The zero-order chi connectivity index (χ0) is 24.8. The lowest BCUT2D eigenvalue weighted by Gasteiger charge is -2.13. The number of hydrogen-bond acceptors (Lipinski definition) is 4. The lowest BCUT2D eigenvalue weighted by atomic mass is 9.89. The SMILES string of the molecule is c1ccc2c(c1)oc1c(-c3cccc4sccc34)c3c(oc4ccccc43)c(-c3cccc4sccc34)c12. The molecule has 0 aliphatic rings. The molecule has 38 heavy (non-hydrogen) atoms. The number of hydrogen-bond donors (Lipinski definition) is 0. The van der Waals surface area contributed by atoms with E-state index in [0.29, 0.717) is 0 Å². The highest BCUT2D eigenvalue weighted by Gasteiger charge is 2.27. The van der Waals surface area contributed by atoms with Gasteiger partial charge in [-0.3, -0.25) is 0 Å². The van der Waals surface area contributed by atoms with Crippen molar-refractivity contribution in [2.75, 3.05) is 0 Å². The van der Waals surface area contributed by atoms with Gasteiger partial charge in [-0.15, -0.1) is 22.7 Å². The van der Waals surface area contributed by atoms with E-state index in [4.69, 9.17) is 8.83 Å². The number of rotatable bonds is 2. The average Bonchev–Trinajstić information content (AvgIpc) is 3.75. The Labute approximate surface area is 225 Å². The molecular formula is C34H18O2S2. The second-order valence-corrected chi connectivity index (χ2v) is 11.5. The molecule has 0 fully saturated rings. The number of furan rings is 2. The van der Waals surface area contributed by atoms with E-state index in [0.717, 1.165) is 55.0 Å². The van der Waals surface area contributed by atoms with E-state index in [1.807, 2.05) is 12.1 Å². The minimum absolute atomic E-state index is 0.886. The van der Waals surface area contributed by atoms with E-state index in [1.165, 1.54) is 31.3 Å². The lowest BCUT2D eigenvalue weighted by Crippen LogP contribution is -1.88. The quantitative estimate of drug-likeness (QED) is 0.226. The van der Waals surface area contributed by atoms with Gasteiger partial charge in [0.15, 0.2) is 0 Å². The Hall–Kier alpha value is -4.38. The topological polar surface area (TPSA) is 26.3 Å². The predicted octanol–water partition coefficient (Wildman–Crippen LogP) is 11.2. The normalized spacial score (nSPS) is 12.2. The van der Waals surface area contributed by atoms with Gasteiger partial charge in [-0.05, 0) is 58.3 Å². The van der Waals surface area contributed by atoms with Crippen LogP contribution in [0.4, 0.5) is 0 Å². The van der Waals surface area contributed by atoms with Crippen LogP contribution in [0.25, 0.3) is 86.3 Å². The molecule has 0 saturated heterocycles. The van der Waals surface area contributed by atoms with Crippen molar-refractivity contribution in [1.29, 1.82) is 0 Å². The van der Waals surface area contributed by atoms with E-state index < -0.39 is 0 Å².